The van der Waals surface area contributed by atoms with E-state index in [4.69, 9.17) is 20.8 Å². The molecule has 5 aromatic rings. The molecule has 0 radical (unpaired) electrons. The zero-order chi connectivity index (χ0) is 26.7. The van der Waals surface area contributed by atoms with Crippen molar-refractivity contribution in [2.45, 2.75) is 13.0 Å². The maximum absolute atomic E-state index is 13.4. The van der Waals surface area contributed by atoms with Crippen molar-refractivity contribution in [3.8, 4) is 17.1 Å². The largest absolute Gasteiger partial charge is 0.487 e. The van der Waals surface area contributed by atoms with Gasteiger partial charge >= 0.3 is 0 Å². The molecule has 3 aromatic carbocycles. The summed E-state index contributed by atoms with van der Waals surface area (Å²) in [7, 11) is -3.08. The highest BCUT2D eigenvalue weighted by Gasteiger charge is 2.12. The van der Waals surface area contributed by atoms with Crippen molar-refractivity contribution in [3.63, 3.8) is 0 Å². The monoisotopic (exact) mass is 551 g/mol. The highest BCUT2D eigenvalue weighted by atomic mass is 35.5. The maximum Gasteiger partial charge on any atom is 0.147 e. The van der Waals surface area contributed by atoms with E-state index in [0.29, 0.717) is 45.8 Å². The Morgan fingerprint density at radius 1 is 1.03 bits per heavy atom. The number of nitrogens with zero attached hydrogens (tertiary/aromatic N) is 2. The van der Waals surface area contributed by atoms with E-state index in [-0.39, 0.29) is 18.2 Å². The van der Waals surface area contributed by atoms with Gasteiger partial charge in [-0.05, 0) is 66.2 Å². The molecule has 0 aliphatic carbocycles. The fourth-order valence-electron chi connectivity index (χ4n) is 3.88. The number of aryl methyl sites for hydroxylation is 1. The highest BCUT2D eigenvalue weighted by Crippen LogP contribution is 2.33. The average Bonchev–Trinajstić information content (AvgIpc) is 3.36. The summed E-state index contributed by atoms with van der Waals surface area (Å²) in [5.41, 5.74) is 2.93. The van der Waals surface area contributed by atoms with E-state index in [2.05, 4.69) is 15.3 Å². The minimum Gasteiger partial charge on any atom is -0.487 e. The number of hydrogen-bond acceptors (Lipinski definition) is 7. The molecule has 0 bridgehead atoms. The molecule has 0 saturated heterocycles. The summed E-state index contributed by atoms with van der Waals surface area (Å²) >= 11 is 6.45. The van der Waals surface area contributed by atoms with E-state index >= 15 is 0 Å². The molecule has 0 atom stereocenters. The Hall–Kier alpha value is -3.95. The molecule has 0 amide bonds. The van der Waals surface area contributed by atoms with Crippen molar-refractivity contribution in [2.75, 3.05) is 17.3 Å². The van der Waals surface area contributed by atoms with Crippen LogP contribution in [0.1, 0.15) is 11.3 Å². The molecule has 5 rings (SSSR count). The lowest BCUT2D eigenvalue weighted by Gasteiger charge is -2.12. The van der Waals surface area contributed by atoms with Crippen molar-refractivity contribution in [3.05, 3.63) is 101 Å². The van der Waals surface area contributed by atoms with Crippen LogP contribution in [0.25, 0.3) is 22.2 Å². The van der Waals surface area contributed by atoms with Gasteiger partial charge in [-0.1, -0.05) is 23.7 Å². The van der Waals surface area contributed by atoms with Crippen LogP contribution in [-0.2, 0) is 22.9 Å². The Balaban J connectivity index is 1.34. The van der Waals surface area contributed by atoms with Crippen LogP contribution in [0.3, 0.4) is 0 Å². The number of fused-ring (bicyclic) bond motifs is 1. The second-order valence-electron chi connectivity index (χ2n) is 8.79. The van der Waals surface area contributed by atoms with Crippen LogP contribution in [-0.4, -0.2) is 30.4 Å². The van der Waals surface area contributed by atoms with Crippen LogP contribution < -0.4 is 10.1 Å². The van der Waals surface area contributed by atoms with Gasteiger partial charge in [0.1, 0.15) is 51.7 Å². The second-order valence-corrected chi connectivity index (χ2v) is 11.5. The Morgan fingerprint density at radius 2 is 1.89 bits per heavy atom. The van der Waals surface area contributed by atoms with E-state index in [1.54, 1.807) is 30.3 Å². The number of aromatic nitrogens is 2. The van der Waals surface area contributed by atoms with E-state index in [1.165, 1.54) is 24.7 Å². The molecule has 0 aliphatic rings. The lowest BCUT2D eigenvalue weighted by molar-refractivity contribution is 0.306. The first kappa shape index (κ1) is 25.7. The summed E-state index contributed by atoms with van der Waals surface area (Å²) < 4.78 is 48.0. The number of hydrogen-bond donors (Lipinski definition) is 1. The molecule has 1 N–H and O–H groups in total. The lowest BCUT2D eigenvalue weighted by atomic mass is 10.1. The van der Waals surface area contributed by atoms with Gasteiger partial charge in [0.05, 0.1) is 16.3 Å². The van der Waals surface area contributed by atoms with Crippen molar-refractivity contribution in [1.29, 1.82) is 0 Å². The molecular weight excluding hydrogens is 529 g/mol. The van der Waals surface area contributed by atoms with Crippen LogP contribution in [0.4, 0.5) is 15.9 Å². The SMILES string of the molecule is CS(=O)(=O)CCc1ccc(-c2ccc3ncnc(Nc4ccc(OCc5cccc(F)c5)c(Cl)c4)c3c2)o1. The minimum atomic E-state index is -3.08. The molecule has 0 saturated carbocycles. The number of sulfone groups is 1. The van der Waals surface area contributed by atoms with Gasteiger partial charge in [-0.3, -0.25) is 0 Å². The van der Waals surface area contributed by atoms with Crippen molar-refractivity contribution in [2.24, 2.45) is 0 Å². The Kier molecular flexibility index (Phi) is 7.31. The van der Waals surface area contributed by atoms with Crippen LogP contribution in [0.2, 0.25) is 5.02 Å². The number of halogens is 2. The second kappa shape index (κ2) is 10.8. The maximum atomic E-state index is 13.4. The summed E-state index contributed by atoms with van der Waals surface area (Å²) in [6.45, 7) is 0.187. The Morgan fingerprint density at radius 3 is 2.68 bits per heavy atom. The quantitative estimate of drug-likeness (QED) is 0.221. The van der Waals surface area contributed by atoms with E-state index in [0.717, 1.165) is 16.5 Å². The molecule has 2 heterocycles. The highest BCUT2D eigenvalue weighted by molar-refractivity contribution is 7.90. The number of anilines is 2. The zero-order valence-corrected chi connectivity index (χ0v) is 21.9. The third-order valence-corrected chi connectivity index (χ3v) is 7.02. The van der Waals surface area contributed by atoms with E-state index in [9.17, 15) is 12.8 Å². The van der Waals surface area contributed by atoms with Crippen LogP contribution in [0.5, 0.6) is 5.75 Å². The fraction of sp³-hybridized carbons (Fsp3) is 0.143. The van der Waals surface area contributed by atoms with Crippen molar-refractivity contribution < 1.29 is 22.0 Å². The average molecular weight is 552 g/mol. The first-order valence-electron chi connectivity index (χ1n) is 11.7. The van der Waals surface area contributed by atoms with Crippen molar-refractivity contribution >= 4 is 43.8 Å². The molecular formula is C28H23ClFN3O4S. The fourth-order valence-corrected chi connectivity index (χ4v) is 4.69. The topological polar surface area (TPSA) is 94.3 Å². The summed E-state index contributed by atoms with van der Waals surface area (Å²) in [5, 5.41) is 4.44. The number of furan rings is 1. The molecule has 0 spiro atoms. The third-order valence-electron chi connectivity index (χ3n) is 5.78. The van der Waals surface area contributed by atoms with Crippen LogP contribution in [0.15, 0.2) is 83.5 Å². The van der Waals surface area contributed by atoms with Gasteiger partial charge < -0.3 is 14.5 Å². The molecule has 0 fully saturated rings. The zero-order valence-electron chi connectivity index (χ0n) is 20.3. The van der Waals surface area contributed by atoms with Gasteiger partial charge in [-0.15, -0.1) is 0 Å². The summed E-state index contributed by atoms with van der Waals surface area (Å²) in [6, 6.07) is 20.7. The molecule has 0 aliphatic heterocycles. The summed E-state index contributed by atoms with van der Waals surface area (Å²) in [6.07, 6.45) is 2.99. The lowest BCUT2D eigenvalue weighted by Crippen LogP contribution is -2.05. The van der Waals surface area contributed by atoms with Gasteiger partial charge in [-0.25, -0.2) is 22.8 Å². The Bertz CT molecular complexity index is 1720. The molecule has 0 unspecified atom stereocenters. The predicted molar refractivity (Wildman–Crippen MR) is 146 cm³/mol. The van der Waals surface area contributed by atoms with Crippen molar-refractivity contribution in [1.82, 2.24) is 9.97 Å². The van der Waals surface area contributed by atoms with Crippen LogP contribution >= 0.6 is 11.6 Å². The normalized spacial score (nSPS) is 11.6. The number of nitrogens with one attached hydrogen (secondary N) is 1. The number of rotatable bonds is 9. The molecule has 194 valence electrons. The van der Waals surface area contributed by atoms with Crippen LogP contribution in [0, 0.1) is 5.82 Å². The summed E-state index contributed by atoms with van der Waals surface area (Å²) in [4.78, 5) is 8.76. The first-order valence-corrected chi connectivity index (χ1v) is 14.1. The number of benzene rings is 3. The first-order chi connectivity index (χ1) is 18.2. The van der Waals surface area contributed by atoms with Gasteiger partial charge in [0.2, 0.25) is 0 Å². The summed E-state index contributed by atoms with van der Waals surface area (Å²) in [5.74, 6) is 1.97. The van der Waals surface area contributed by atoms with Gasteiger partial charge in [0.15, 0.2) is 0 Å². The molecule has 38 heavy (non-hydrogen) atoms. The van der Waals surface area contributed by atoms with Gasteiger partial charge in [-0.2, -0.15) is 0 Å². The van der Waals surface area contributed by atoms with Gasteiger partial charge in [0.25, 0.3) is 0 Å². The predicted octanol–water partition coefficient (Wildman–Crippen LogP) is 6.59. The molecule has 10 heteroatoms. The smallest absolute Gasteiger partial charge is 0.147 e. The van der Waals surface area contributed by atoms with Gasteiger partial charge in [0, 0.05) is 29.3 Å². The standard InChI is InChI=1S/C28H23ClFN3O4S/c1-38(34,35)12-11-22-7-10-26(37-22)19-5-8-25-23(14-19)28(32-17-31-25)33-21-6-9-27(24(29)15-21)36-16-18-3-2-4-20(30)13-18/h2-10,13-15,17H,11-12,16H2,1H3,(H,31,32,33). The van der Waals surface area contributed by atoms with E-state index in [1.807, 2.05) is 30.3 Å². The molecule has 7 nitrogen and oxygen atoms in total. The number of ether oxygens (including phenoxy) is 1. The van der Waals surface area contributed by atoms with E-state index < -0.39 is 9.84 Å². The third kappa shape index (κ3) is 6.30. The molecule has 2 aromatic heterocycles. The Labute approximate surface area is 224 Å². The minimum absolute atomic E-state index is 0.0246.